The highest BCUT2D eigenvalue weighted by atomic mass is 16.4. The van der Waals surface area contributed by atoms with Crippen LogP contribution in [0.25, 0.3) is 0 Å². The van der Waals surface area contributed by atoms with Crippen molar-refractivity contribution < 1.29 is 5.21 Å². The molecule has 0 aromatic carbocycles. The van der Waals surface area contributed by atoms with Crippen molar-refractivity contribution in [2.45, 2.75) is 39.3 Å². The third-order valence-electron chi connectivity index (χ3n) is 2.77. The minimum atomic E-state index is 0.0365. The molecule has 94 valence electrons. The lowest BCUT2D eigenvalue weighted by Gasteiger charge is -2.14. The number of nitrogens with two attached hydrogens (primary N) is 1. The second kappa shape index (κ2) is 6.85. The summed E-state index contributed by atoms with van der Waals surface area (Å²) < 4.78 is 0. The lowest BCUT2D eigenvalue weighted by atomic mass is 10.1. The van der Waals surface area contributed by atoms with Crippen LogP contribution in [-0.2, 0) is 6.54 Å². The lowest BCUT2D eigenvalue weighted by molar-refractivity contribution is 0.318. The van der Waals surface area contributed by atoms with Crippen molar-refractivity contribution in [2.24, 2.45) is 10.9 Å². The maximum atomic E-state index is 8.58. The van der Waals surface area contributed by atoms with Crippen LogP contribution in [0, 0.1) is 0 Å². The van der Waals surface area contributed by atoms with E-state index < -0.39 is 0 Å². The molecule has 17 heavy (non-hydrogen) atoms. The quantitative estimate of drug-likeness (QED) is 0.302. The molecule has 5 heteroatoms. The van der Waals surface area contributed by atoms with Crippen molar-refractivity contribution in [3.05, 3.63) is 29.6 Å². The molecule has 1 rings (SSSR count). The molecule has 0 aliphatic heterocycles. The first-order valence-electron chi connectivity index (χ1n) is 5.87. The van der Waals surface area contributed by atoms with Crippen LogP contribution < -0.4 is 11.1 Å². The molecule has 0 spiro atoms. The van der Waals surface area contributed by atoms with Gasteiger partial charge in [0.25, 0.3) is 0 Å². The molecular weight excluding hydrogens is 216 g/mol. The van der Waals surface area contributed by atoms with Gasteiger partial charge in [0.15, 0.2) is 5.84 Å². The molecule has 0 atom stereocenters. The van der Waals surface area contributed by atoms with E-state index in [-0.39, 0.29) is 5.84 Å². The number of rotatable bonds is 6. The molecule has 4 N–H and O–H groups in total. The Morgan fingerprint density at radius 3 is 2.82 bits per heavy atom. The highest BCUT2D eigenvalue weighted by Crippen LogP contribution is 2.04. The summed E-state index contributed by atoms with van der Waals surface area (Å²) in [6.07, 6.45) is 3.88. The van der Waals surface area contributed by atoms with Gasteiger partial charge in [-0.3, -0.25) is 4.98 Å². The molecule has 0 fully saturated rings. The summed E-state index contributed by atoms with van der Waals surface area (Å²) in [4.78, 5) is 4.03. The molecule has 1 aromatic rings. The van der Waals surface area contributed by atoms with Gasteiger partial charge >= 0.3 is 0 Å². The van der Waals surface area contributed by atoms with E-state index in [1.165, 1.54) is 0 Å². The fraction of sp³-hybridized carbons (Fsp3) is 0.500. The highest BCUT2D eigenvalue weighted by molar-refractivity contribution is 5.95. The number of amidine groups is 1. The number of hydrogen-bond donors (Lipinski definition) is 3. The molecule has 1 aromatic heterocycles. The van der Waals surface area contributed by atoms with Gasteiger partial charge in [0, 0.05) is 18.8 Å². The Labute approximate surface area is 102 Å². The van der Waals surface area contributed by atoms with E-state index in [4.69, 9.17) is 10.9 Å². The van der Waals surface area contributed by atoms with E-state index in [0.717, 1.165) is 24.9 Å². The van der Waals surface area contributed by atoms with E-state index in [2.05, 4.69) is 29.3 Å². The maximum absolute atomic E-state index is 8.58. The van der Waals surface area contributed by atoms with Crippen molar-refractivity contribution in [2.75, 3.05) is 0 Å². The molecule has 0 aliphatic rings. The van der Waals surface area contributed by atoms with Gasteiger partial charge in [-0.15, -0.1) is 0 Å². The average molecular weight is 236 g/mol. The van der Waals surface area contributed by atoms with Crippen molar-refractivity contribution in [1.29, 1.82) is 0 Å². The molecular formula is C12H20N4O. The maximum Gasteiger partial charge on any atom is 0.188 e. The molecule has 1 heterocycles. The fourth-order valence-corrected chi connectivity index (χ4v) is 1.62. The minimum absolute atomic E-state index is 0.0365. The first-order chi connectivity index (χ1) is 8.21. The molecule has 5 nitrogen and oxygen atoms in total. The van der Waals surface area contributed by atoms with Crippen LogP contribution in [0.1, 0.15) is 37.9 Å². The van der Waals surface area contributed by atoms with Gasteiger partial charge < -0.3 is 16.3 Å². The largest absolute Gasteiger partial charge is 0.409 e. The van der Waals surface area contributed by atoms with E-state index in [1.54, 1.807) is 6.20 Å². The molecule has 0 bridgehead atoms. The number of hydrogen-bond acceptors (Lipinski definition) is 4. The van der Waals surface area contributed by atoms with E-state index in [0.29, 0.717) is 11.7 Å². The summed E-state index contributed by atoms with van der Waals surface area (Å²) in [7, 11) is 0. The first kappa shape index (κ1) is 13.4. The lowest BCUT2D eigenvalue weighted by Crippen LogP contribution is -2.27. The molecule has 0 saturated heterocycles. The standard InChI is InChI=1S/C12H20N4O/c1-3-10(4-2)15-8-9-5-6-14-11(7-9)12(13)16-17/h5-7,10,15,17H,3-4,8H2,1-2H3,(H2,13,16). The van der Waals surface area contributed by atoms with Crippen LogP contribution >= 0.6 is 0 Å². The monoisotopic (exact) mass is 236 g/mol. The van der Waals surface area contributed by atoms with Crippen molar-refractivity contribution >= 4 is 5.84 Å². The van der Waals surface area contributed by atoms with Gasteiger partial charge in [0.05, 0.1) is 0 Å². The Balaban J connectivity index is 2.66. The van der Waals surface area contributed by atoms with Crippen molar-refractivity contribution in [3.63, 3.8) is 0 Å². The van der Waals surface area contributed by atoms with Crippen molar-refractivity contribution in [1.82, 2.24) is 10.3 Å². The molecule has 0 aliphatic carbocycles. The summed E-state index contributed by atoms with van der Waals surface area (Å²) in [5, 5.41) is 15.0. The number of oxime groups is 1. The summed E-state index contributed by atoms with van der Waals surface area (Å²) in [5.74, 6) is 0.0365. The second-order valence-electron chi connectivity index (χ2n) is 3.93. The number of aromatic nitrogens is 1. The smallest absolute Gasteiger partial charge is 0.188 e. The molecule has 0 unspecified atom stereocenters. The topological polar surface area (TPSA) is 83.5 Å². The average Bonchev–Trinajstić information content (AvgIpc) is 2.39. The zero-order chi connectivity index (χ0) is 12.7. The van der Waals surface area contributed by atoms with Gasteiger partial charge in [-0.25, -0.2) is 0 Å². The van der Waals surface area contributed by atoms with Gasteiger partial charge in [-0.2, -0.15) is 0 Å². The van der Waals surface area contributed by atoms with E-state index in [1.807, 2.05) is 12.1 Å². The fourth-order valence-electron chi connectivity index (χ4n) is 1.62. The van der Waals surface area contributed by atoms with Gasteiger partial charge in [0.2, 0.25) is 0 Å². The first-order valence-corrected chi connectivity index (χ1v) is 5.87. The zero-order valence-electron chi connectivity index (χ0n) is 10.3. The molecule has 0 radical (unpaired) electrons. The Kier molecular flexibility index (Phi) is 5.42. The third-order valence-corrected chi connectivity index (χ3v) is 2.77. The summed E-state index contributed by atoms with van der Waals surface area (Å²) >= 11 is 0. The van der Waals surface area contributed by atoms with Crippen LogP contribution in [0.15, 0.2) is 23.5 Å². The highest BCUT2D eigenvalue weighted by Gasteiger charge is 2.05. The van der Waals surface area contributed by atoms with Crippen LogP contribution in [-0.4, -0.2) is 22.1 Å². The predicted molar refractivity (Wildman–Crippen MR) is 68.0 cm³/mol. The summed E-state index contributed by atoms with van der Waals surface area (Å²) in [6.45, 7) is 5.09. The Morgan fingerprint density at radius 1 is 1.53 bits per heavy atom. The van der Waals surface area contributed by atoms with Crippen molar-refractivity contribution in [3.8, 4) is 0 Å². The van der Waals surface area contributed by atoms with Crippen LogP contribution in [0.4, 0.5) is 0 Å². The van der Waals surface area contributed by atoms with E-state index >= 15 is 0 Å². The normalized spacial score (nSPS) is 12.1. The Morgan fingerprint density at radius 2 is 2.24 bits per heavy atom. The van der Waals surface area contributed by atoms with Crippen LogP contribution in [0.3, 0.4) is 0 Å². The Bertz CT molecular complexity index is 375. The summed E-state index contributed by atoms with van der Waals surface area (Å²) in [5.41, 5.74) is 7.06. The number of nitrogens with zero attached hydrogens (tertiary/aromatic N) is 2. The minimum Gasteiger partial charge on any atom is -0.409 e. The SMILES string of the molecule is CCC(CC)NCc1ccnc(C(N)=NO)c1. The zero-order valence-corrected chi connectivity index (χ0v) is 10.3. The number of nitrogens with one attached hydrogen (secondary N) is 1. The van der Waals surface area contributed by atoms with Gasteiger partial charge in [-0.05, 0) is 30.5 Å². The van der Waals surface area contributed by atoms with Crippen LogP contribution in [0.2, 0.25) is 0 Å². The molecule has 0 saturated carbocycles. The third kappa shape index (κ3) is 4.03. The molecule has 0 amide bonds. The number of pyridine rings is 1. The Hall–Kier alpha value is -1.62. The predicted octanol–water partition coefficient (Wildman–Crippen LogP) is 1.45. The summed E-state index contributed by atoms with van der Waals surface area (Å²) in [6, 6.07) is 4.27. The second-order valence-corrected chi connectivity index (χ2v) is 3.93. The van der Waals surface area contributed by atoms with Crippen LogP contribution in [0.5, 0.6) is 0 Å². The van der Waals surface area contributed by atoms with Gasteiger partial charge in [0.1, 0.15) is 5.69 Å². The van der Waals surface area contributed by atoms with Gasteiger partial charge in [-0.1, -0.05) is 19.0 Å². The van der Waals surface area contributed by atoms with E-state index in [9.17, 15) is 0 Å².